The summed E-state index contributed by atoms with van der Waals surface area (Å²) in [5.74, 6) is 0.809. The molecule has 1 fully saturated rings. The Balaban J connectivity index is 1.32. The maximum atomic E-state index is 11.8. The summed E-state index contributed by atoms with van der Waals surface area (Å²) in [6.07, 6.45) is 0.234. The highest BCUT2D eigenvalue weighted by Gasteiger charge is 2.38. The van der Waals surface area contributed by atoms with Gasteiger partial charge in [-0.25, -0.2) is 4.79 Å². The molecule has 2 heterocycles. The number of benzene rings is 3. The lowest BCUT2D eigenvalue weighted by molar-refractivity contribution is -0.268. The average molecular weight is 618 g/mol. The van der Waals surface area contributed by atoms with Crippen LogP contribution in [0.15, 0.2) is 89.8 Å². The molecule has 5 rings (SSSR count). The van der Waals surface area contributed by atoms with Crippen molar-refractivity contribution in [2.24, 2.45) is 5.92 Å². The van der Waals surface area contributed by atoms with Gasteiger partial charge in [0.15, 0.2) is 10.6 Å². The molecule has 0 bridgehead atoms. The van der Waals surface area contributed by atoms with Gasteiger partial charge in [0.1, 0.15) is 11.6 Å². The number of carbonyl (C=O) groups is 1. The number of amides is 1. The summed E-state index contributed by atoms with van der Waals surface area (Å²) < 4.78 is 19.1. The third-order valence-corrected chi connectivity index (χ3v) is 9.27. The second-order valence-electron chi connectivity index (χ2n) is 10.3. The van der Waals surface area contributed by atoms with Crippen LogP contribution in [0.3, 0.4) is 0 Å². The van der Waals surface area contributed by atoms with Crippen LogP contribution in [0.1, 0.15) is 46.6 Å². The third-order valence-electron chi connectivity index (χ3n) is 7.21. The first-order valence-corrected chi connectivity index (χ1v) is 15.9. The average Bonchev–Trinajstić information content (AvgIpc) is 3.47. The van der Waals surface area contributed by atoms with Crippen LogP contribution in [0.25, 0.3) is 11.1 Å². The number of hydrogen-bond donors (Lipinski definition) is 2. The second-order valence-corrected chi connectivity index (χ2v) is 12.7. The Bertz CT molecular complexity index is 1510. The highest BCUT2D eigenvalue weighted by molar-refractivity contribution is 8.01. The van der Waals surface area contributed by atoms with Gasteiger partial charge in [0.05, 0.1) is 18.8 Å². The van der Waals surface area contributed by atoms with Gasteiger partial charge in [-0.3, -0.25) is 0 Å². The summed E-state index contributed by atoms with van der Waals surface area (Å²) in [4.78, 5) is 11.8. The molecule has 1 amide bonds. The molecule has 4 aromatic rings. The van der Waals surface area contributed by atoms with Gasteiger partial charge in [-0.1, -0.05) is 109 Å². The van der Waals surface area contributed by atoms with Gasteiger partial charge in [0.2, 0.25) is 0 Å². The van der Waals surface area contributed by atoms with Gasteiger partial charge in [-0.15, -0.1) is 10.2 Å². The number of rotatable bonds is 11. The molecular weight excluding hydrogens is 583 g/mol. The second kappa shape index (κ2) is 14.8. The smallest absolute Gasteiger partial charge is 0.407 e. The molecule has 0 spiro atoms. The van der Waals surface area contributed by atoms with Crippen LogP contribution < -0.4 is 5.32 Å². The van der Waals surface area contributed by atoms with E-state index in [9.17, 15) is 9.90 Å². The summed E-state index contributed by atoms with van der Waals surface area (Å²) in [6.45, 7) is 8.19. The number of aryl methyl sites for hydroxylation is 1. The lowest BCUT2D eigenvalue weighted by Crippen LogP contribution is -2.38. The fraction of sp³-hybridized carbons (Fsp3) is 0.303. The number of hydrogen-bond acceptors (Lipinski definition) is 9. The quantitative estimate of drug-likeness (QED) is 0.137. The van der Waals surface area contributed by atoms with E-state index in [1.54, 1.807) is 23.1 Å². The van der Waals surface area contributed by atoms with Crippen LogP contribution in [0, 0.1) is 12.8 Å². The zero-order valence-electron chi connectivity index (χ0n) is 24.1. The number of alkyl carbamates (subject to hydrolysis) is 1. The van der Waals surface area contributed by atoms with Gasteiger partial charge in [0, 0.05) is 23.8 Å². The molecule has 1 aliphatic heterocycles. The molecule has 1 saturated heterocycles. The number of nitrogens with zero attached hydrogens (tertiary/aromatic N) is 2. The lowest BCUT2D eigenvalue weighted by atomic mass is 9.91. The molecule has 0 saturated carbocycles. The summed E-state index contributed by atoms with van der Waals surface area (Å²) in [5, 5.41) is 21.6. The number of aliphatic hydroxyl groups is 1. The van der Waals surface area contributed by atoms with Gasteiger partial charge < -0.3 is 24.6 Å². The molecule has 2 N–H and O–H groups in total. The molecular formula is C33H35N3O5S2. The monoisotopic (exact) mass is 617 g/mol. The van der Waals surface area contributed by atoms with E-state index in [0.717, 1.165) is 48.5 Å². The van der Waals surface area contributed by atoms with E-state index < -0.39 is 12.4 Å². The fourth-order valence-corrected chi connectivity index (χ4v) is 6.86. The van der Waals surface area contributed by atoms with E-state index >= 15 is 0 Å². The minimum absolute atomic E-state index is 0.00165. The summed E-state index contributed by atoms with van der Waals surface area (Å²) in [5.41, 5.74) is 5.88. The van der Waals surface area contributed by atoms with Crippen LogP contribution in [-0.2, 0) is 27.4 Å². The van der Waals surface area contributed by atoms with Crippen LogP contribution in [0.5, 0.6) is 0 Å². The predicted octanol–water partition coefficient (Wildman–Crippen LogP) is 7.00. The molecule has 3 aromatic carbocycles. The molecule has 224 valence electrons. The first-order chi connectivity index (χ1) is 20.9. The maximum absolute atomic E-state index is 11.8. The lowest BCUT2D eigenvalue weighted by Gasteiger charge is -2.41. The highest BCUT2D eigenvalue weighted by Crippen LogP contribution is 2.43. The van der Waals surface area contributed by atoms with Crippen molar-refractivity contribution >= 4 is 29.2 Å². The first-order valence-electron chi connectivity index (χ1n) is 14.1. The molecule has 1 aromatic heterocycles. The van der Waals surface area contributed by atoms with Crippen molar-refractivity contribution in [2.45, 2.75) is 49.8 Å². The van der Waals surface area contributed by atoms with Crippen LogP contribution in [-0.4, -0.2) is 39.9 Å². The van der Waals surface area contributed by atoms with E-state index in [1.807, 2.05) is 67.6 Å². The number of nitrogens with one attached hydrogen (secondary N) is 1. The zero-order chi connectivity index (χ0) is 30.2. The minimum Gasteiger partial charge on any atom is -0.445 e. The summed E-state index contributed by atoms with van der Waals surface area (Å²) >= 11 is 3.24. The first kappa shape index (κ1) is 30.9. The highest BCUT2D eigenvalue weighted by atomic mass is 32.2. The Kier molecular flexibility index (Phi) is 10.6. The Labute approximate surface area is 260 Å². The Morgan fingerprint density at radius 2 is 1.81 bits per heavy atom. The zero-order valence-corrected chi connectivity index (χ0v) is 25.8. The van der Waals surface area contributed by atoms with E-state index in [1.165, 1.54) is 6.08 Å². The van der Waals surface area contributed by atoms with E-state index in [0.29, 0.717) is 6.54 Å². The molecule has 4 unspecified atom stereocenters. The number of aromatic nitrogens is 2. The maximum Gasteiger partial charge on any atom is 0.407 e. The summed E-state index contributed by atoms with van der Waals surface area (Å²) in [6, 6.07) is 24.1. The van der Waals surface area contributed by atoms with Crippen LogP contribution >= 0.6 is 23.1 Å². The number of carbonyl (C=O) groups excluding carboxylic acids is 1. The Morgan fingerprint density at radius 3 is 2.51 bits per heavy atom. The van der Waals surface area contributed by atoms with Crippen molar-refractivity contribution in [1.29, 1.82) is 0 Å². The van der Waals surface area contributed by atoms with E-state index in [-0.39, 0.29) is 31.3 Å². The largest absolute Gasteiger partial charge is 0.445 e. The Hall–Kier alpha value is -3.54. The molecule has 0 aliphatic carbocycles. The van der Waals surface area contributed by atoms with Gasteiger partial charge in [0.25, 0.3) is 0 Å². The van der Waals surface area contributed by atoms with Crippen LogP contribution in [0.4, 0.5) is 4.79 Å². The summed E-state index contributed by atoms with van der Waals surface area (Å²) in [7, 11) is 0. The van der Waals surface area contributed by atoms with E-state index in [2.05, 4.69) is 41.1 Å². The molecule has 43 heavy (non-hydrogen) atoms. The normalized spacial score (nSPS) is 20.0. The molecule has 4 atom stereocenters. The van der Waals surface area contributed by atoms with E-state index in [4.69, 9.17) is 14.2 Å². The van der Waals surface area contributed by atoms with Gasteiger partial charge >= 0.3 is 6.09 Å². The molecule has 0 radical (unpaired) electrons. The minimum atomic E-state index is -0.549. The molecule has 1 aliphatic rings. The Morgan fingerprint density at radius 1 is 1.05 bits per heavy atom. The van der Waals surface area contributed by atoms with Crippen molar-refractivity contribution in [2.75, 3.05) is 12.4 Å². The third kappa shape index (κ3) is 8.10. The standard InChI is InChI=1S/C33H35N3O5S2/c1-4-16-39-32(38)34-18-24-6-5-7-28(17-24)25-12-14-27(15-13-25)31-40-29(20-42-33-36-35-22(3)43-33)21(2)30(41-31)26-10-8-23(19-37)9-11-26/h4-15,17,21,29-31,37H,1,16,18-20H2,2-3H3,(H,34,38). The van der Waals surface area contributed by atoms with Crippen molar-refractivity contribution in [3.63, 3.8) is 0 Å². The number of ether oxygens (including phenoxy) is 3. The van der Waals surface area contributed by atoms with Crippen molar-refractivity contribution < 1.29 is 24.1 Å². The van der Waals surface area contributed by atoms with Crippen molar-refractivity contribution in [3.05, 3.63) is 113 Å². The van der Waals surface area contributed by atoms with Crippen molar-refractivity contribution in [1.82, 2.24) is 15.5 Å². The van der Waals surface area contributed by atoms with Crippen LogP contribution in [0.2, 0.25) is 0 Å². The SMILES string of the molecule is C=CCOC(=O)NCc1cccc(-c2ccc(C3OC(CSc4nnc(C)s4)C(C)C(c4ccc(CO)cc4)O3)cc2)c1. The predicted molar refractivity (Wildman–Crippen MR) is 169 cm³/mol. The topological polar surface area (TPSA) is 103 Å². The number of thioether (sulfide) groups is 1. The van der Waals surface area contributed by atoms with Gasteiger partial charge in [-0.05, 0) is 40.8 Å². The number of aliphatic hydroxyl groups excluding tert-OH is 1. The fourth-order valence-electron chi connectivity index (χ4n) is 4.85. The molecule has 10 heteroatoms. The van der Waals surface area contributed by atoms with Crippen molar-refractivity contribution in [3.8, 4) is 11.1 Å². The van der Waals surface area contributed by atoms with Gasteiger partial charge in [-0.2, -0.15) is 0 Å². The molecule has 8 nitrogen and oxygen atoms in total.